The topological polar surface area (TPSA) is 110 Å². The third-order valence-electron chi connectivity index (χ3n) is 4.04. The Morgan fingerprint density at radius 2 is 1.79 bits per heavy atom. The molecule has 0 saturated carbocycles. The SMILES string of the molecule is Cc1cnc(C(=O)NNC(=O)c2cc(-c3ccco3)nc3ccccc23)cn1. The quantitative estimate of drug-likeness (QED) is 0.534. The van der Waals surface area contributed by atoms with Gasteiger partial charge in [0.2, 0.25) is 0 Å². The van der Waals surface area contributed by atoms with Crippen molar-refractivity contribution in [2.24, 2.45) is 0 Å². The third kappa shape index (κ3) is 3.43. The van der Waals surface area contributed by atoms with Crippen LogP contribution in [0.25, 0.3) is 22.4 Å². The number of pyridine rings is 1. The molecule has 0 radical (unpaired) electrons. The van der Waals surface area contributed by atoms with E-state index < -0.39 is 11.8 Å². The van der Waals surface area contributed by atoms with Gasteiger partial charge in [0, 0.05) is 11.6 Å². The lowest BCUT2D eigenvalue weighted by Crippen LogP contribution is -2.42. The number of nitrogens with one attached hydrogen (secondary N) is 2. The summed E-state index contributed by atoms with van der Waals surface area (Å²) in [7, 11) is 0. The largest absolute Gasteiger partial charge is 0.463 e. The smallest absolute Gasteiger partial charge is 0.289 e. The molecule has 0 bridgehead atoms. The van der Waals surface area contributed by atoms with Gasteiger partial charge in [-0.3, -0.25) is 25.4 Å². The number of rotatable bonds is 3. The molecule has 0 unspecified atom stereocenters. The van der Waals surface area contributed by atoms with Crippen LogP contribution in [0, 0.1) is 6.92 Å². The molecular formula is C20H15N5O3. The molecule has 3 heterocycles. The van der Waals surface area contributed by atoms with E-state index in [1.807, 2.05) is 12.1 Å². The van der Waals surface area contributed by atoms with Gasteiger partial charge in [0.25, 0.3) is 11.8 Å². The highest BCUT2D eigenvalue weighted by Gasteiger charge is 2.16. The number of benzene rings is 1. The highest BCUT2D eigenvalue weighted by atomic mass is 16.3. The van der Waals surface area contributed by atoms with Crippen LogP contribution in [0.4, 0.5) is 0 Å². The fourth-order valence-electron chi connectivity index (χ4n) is 2.67. The molecule has 0 atom stereocenters. The van der Waals surface area contributed by atoms with Crippen LogP contribution in [0.3, 0.4) is 0 Å². The molecule has 4 aromatic rings. The molecule has 1 aromatic carbocycles. The number of aryl methyl sites for hydroxylation is 1. The summed E-state index contributed by atoms with van der Waals surface area (Å²) in [5.74, 6) is -0.510. The molecule has 0 spiro atoms. The molecule has 2 N–H and O–H groups in total. The number of para-hydroxylation sites is 1. The van der Waals surface area contributed by atoms with E-state index >= 15 is 0 Å². The van der Waals surface area contributed by atoms with Crippen LogP contribution in [0.1, 0.15) is 26.5 Å². The van der Waals surface area contributed by atoms with Crippen LogP contribution in [0.5, 0.6) is 0 Å². The molecule has 0 aliphatic carbocycles. The molecular weight excluding hydrogens is 358 g/mol. The number of aromatic nitrogens is 3. The molecule has 28 heavy (non-hydrogen) atoms. The van der Waals surface area contributed by atoms with Crippen LogP contribution in [0.15, 0.2) is 65.5 Å². The lowest BCUT2D eigenvalue weighted by molar-refractivity contribution is 0.0844. The molecule has 2 amide bonds. The lowest BCUT2D eigenvalue weighted by atomic mass is 10.1. The lowest BCUT2D eigenvalue weighted by Gasteiger charge is -2.10. The van der Waals surface area contributed by atoms with Crippen molar-refractivity contribution < 1.29 is 14.0 Å². The first-order valence-electron chi connectivity index (χ1n) is 8.45. The summed E-state index contributed by atoms with van der Waals surface area (Å²) in [6.07, 6.45) is 4.35. The van der Waals surface area contributed by atoms with Crippen molar-refractivity contribution in [2.75, 3.05) is 0 Å². The monoisotopic (exact) mass is 373 g/mol. The van der Waals surface area contributed by atoms with Gasteiger partial charge in [0.15, 0.2) is 5.76 Å². The predicted molar refractivity (Wildman–Crippen MR) is 101 cm³/mol. The maximum absolute atomic E-state index is 12.8. The number of hydrogen-bond donors (Lipinski definition) is 2. The number of amides is 2. The number of nitrogens with zero attached hydrogens (tertiary/aromatic N) is 3. The molecule has 8 heteroatoms. The first-order valence-corrected chi connectivity index (χ1v) is 8.45. The summed E-state index contributed by atoms with van der Waals surface area (Å²) in [5, 5.41) is 0.652. The minimum Gasteiger partial charge on any atom is -0.463 e. The van der Waals surface area contributed by atoms with Crippen molar-refractivity contribution in [2.45, 2.75) is 6.92 Å². The van der Waals surface area contributed by atoms with Crippen molar-refractivity contribution in [1.82, 2.24) is 25.8 Å². The van der Waals surface area contributed by atoms with Gasteiger partial charge in [0.05, 0.1) is 29.2 Å². The minimum absolute atomic E-state index is 0.0989. The molecule has 138 valence electrons. The zero-order chi connectivity index (χ0) is 19.5. The van der Waals surface area contributed by atoms with Crippen LogP contribution in [-0.2, 0) is 0 Å². The number of hydrazine groups is 1. The van der Waals surface area contributed by atoms with Crippen molar-refractivity contribution in [1.29, 1.82) is 0 Å². The Morgan fingerprint density at radius 3 is 2.54 bits per heavy atom. The van der Waals surface area contributed by atoms with E-state index in [-0.39, 0.29) is 5.69 Å². The number of carbonyl (C=O) groups excluding carboxylic acids is 2. The van der Waals surface area contributed by atoms with E-state index in [2.05, 4.69) is 25.8 Å². The second-order valence-electron chi connectivity index (χ2n) is 6.00. The van der Waals surface area contributed by atoms with Crippen LogP contribution in [-0.4, -0.2) is 26.8 Å². The van der Waals surface area contributed by atoms with Crippen molar-refractivity contribution in [3.63, 3.8) is 0 Å². The van der Waals surface area contributed by atoms with E-state index in [4.69, 9.17) is 4.42 Å². The molecule has 0 fully saturated rings. The Bertz CT molecular complexity index is 1150. The second kappa shape index (κ2) is 7.28. The van der Waals surface area contributed by atoms with Crippen LogP contribution < -0.4 is 10.9 Å². The van der Waals surface area contributed by atoms with E-state index in [0.29, 0.717) is 33.6 Å². The number of carbonyl (C=O) groups is 2. The highest BCUT2D eigenvalue weighted by molar-refractivity contribution is 6.07. The summed E-state index contributed by atoms with van der Waals surface area (Å²) in [5.41, 5.74) is 7.06. The molecule has 0 saturated heterocycles. The Balaban J connectivity index is 1.61. The van der Waals surface area contributed by atoms with Crippen molar-refractivity contribution >= 4 is 22.7 Å². The van der Waals surface area contributed by atoms with Gasteiger partial charge >= 0.3 is 0 Å². The number of furan rings is 1. The molecule has 3 aromatic heterocycles. The Labute approximate surface area is 159 Å². The second-order valence-corrected chi connectivity index (χ2v) is 6.00. The molecule has 8 nitrogen and oxygen atoms in total. The number of hydrogen-bond acceptors (Lipinski definition) is 6. The average molecular weight is 373 g/mol. The Kier molecular flexibility index (Phi) is 4.51. The molecule has 0 aliphatic rings. The molecule has 4 rings (SSSR count). The first-order chi connectivity index (χ1) is 13.6. The Morgan fingerprint density at radius 1 is 0.964 bits per heavy atom. The average Bonchev–Trinajstić information content (AvgIpc) is 3.26. The van der Waals surface area contributed by atoms with Crippen molar-refractivity contribution in [3.05, 3.63) is 78.1 Å². The zero-order valence-electron chi connectivity index (χ0n) is 14.8. The standard InChI is InChI=1S/C20H15N5O3/c1-12-10-22-17(11-21-12)20(27)25-24-19(26)14-9-16(18-7-4-8-28-18)23-15-6-3-2-5-13(14)15/h2-11H,1H3,(H,24,26)(H,25,27). The maximum Gasteiger partial charge on any atom is 0.289 e. The summed E-state index contributed by atoms with van der Waals surface area (Å²) >= 11 is 0. The predicted octanol–water partition coefficient (Wildman–Crippen LogP) is 2.67. The van der Waals surface area contributed by atoms with Gasteiger partial charge in [-0.05, 0) is 31.2 Å². The fourth-order valence-corrected chi connectivity index (χ4v) is 2.67. The fraction of sp³-hybridized carbons (Fsp3) is 0.0500. The van der Waals surface area contributed by atoms with Gasteiger partial charge in [0.1, 0.15) is 11.4 Å². The van der Waals surface area contributed by atoms with Gasteiger partial charge in [-0.2, -0.15) is 0 Å². The zero-order valence-corrected chi connectivity index (χ0v) is 14.8. The summed E-state index contributed by atoms with van der Waals surface area (Å²) in [6, 6.07) is 12.4. The summed E-state index contributed by atoms with van der Waals surface area (Å²) in [4.78, 5) is 37.4. The van der Waals surface area contributed by atoms with Gasteiger partial charge in [-0.1, -0.05) is 18.2 Å². The van der Waals surface area contributed by atoms with E-state index in [9.17, 15) is 9.59 Å². The highest BCUT2D eigenvalue weighted by Crippen LogP contribution is 2.25. The molecule has 0 aliphatic heterocycles. The maximum atomic E-state index is 12.8. The van der Waals surface area contributed by atoms with Crippen molar-refractivity contribution in [3.8, 4) is 11.5 Å². The van der Waals surface area contributed by atoms with Gasteiger partial charge in [-0.25, -0.2) is 9.97 Å². The van der Waals surface area contributed by atoms with E-state index in [1.54, 1.807) is 37.3 Å². The summed E-state index contributed by atoms with van der Waals surface area (Å²) < 4.78 is 5.39. The van der Waals surface area contributed by atoms with E-state index in [0.717, 1.165) is 0 Å². The summed E-state index contributed by atoms with van der Waals surface area (Å²) in [6.45, 7) is 1.77. The Hall–Kier alpha value is -4.07. The van der Waals surface area contributed by atoms with Crippen LogP contribution in [0.2, 0.25) is 0 Å². The number of fused-ring (bicyclic) bond motifs is 1. The third-order valence-corrected chi connectivity index (χ3v) is 4.04. The normalized spacial score (nSPS) is 10.6. The van der Waals surface area contributed by atoms with Gasteiger partial charge in [-0.15, -0.1) is 0 Å². The van der Waals surface area contributed by atoms with E-state index in [1.165, 1.54) is 18.7 Å². The van der Waals surface area contributed by atoms with Crippen LogP contribution >= 0.6 is 0 Å². The van der Waals surface area contributed by atoms with Gasteiger partial charge < -0.3 is 4.42 Å². The minimum atomic E-state index is -0.564. The first kappa shape index (κ1) is 17.3.